The maximum Gasteiger partial charge on any atom is 0.170 e. The van der Waals surface area contributed by atoms with Gasteiger partial charge in [-0.25, -0.2) is 0 Å². The highest BCUT2D eigenvalue weighted by Crippen LogP contribution is 2.24. The Morgan fingerprint density at radius 3 is 2.67 bits per heavy atom. The number of aryl methyl sites for hydroxylation is 1. The summed E-state index contributed by atoms with van der Waals surface area (Å²) in [5.41, 5.74) is 0.820. The summed E-state index contributed by atoms with van der Waals surface area (Å²) in [5.74, 6) is 1.62. The van der Waals surface area contributed by atoms with Crippen molar-refractivity contribution in [2.24, 2.45) is 5.92 Å². The van der Waals surface area contributed by atoms with E-state index in [0.717, 1.165) is 11.3 Å². The second-order valence-corrected chi connectivity index (χ2v) is 4.00. The lowest BCUT2D eigenvalue weighted by molar-refractivity contribution is -0.117. The van der Waals surface area contributed by atoms with E-state index in [1.807, 2.05) is 32.9 Å². The summed E-state index contributed by atoms with van der Waals surface area (Å²) in [5, 5.41) is 7.01. The number of allylic oxidation sites excluding steroid dienone is 1. The van der Waals surface area contributed by atoms with Crippen molar-refractivity contribution in [3.8, 4) is 0 Å². The van der Waals surface area contributed by atoms with E-state index in [9.17, 15) is 4.79 Å². The Hall–Kier alpha value is -1.58. The van der Waals surface area contributed by atoms with Crippen molar-refractivity contribution < 1.29 is 9.32 Å². The summed E-state index contributed by atoms with van der Waals surface area (Å²) < 4.78 is 4.95. The summed E-state index contributed by atoms with van der Waals surface area (Å²) in [6, 6.07) is 1.85. The highest BCUT2D eigenvalue weighted by Gasteiger charge is 2.30. The molecule has 0 bridgehead atoms. The minimum absolute atomic E-state index is 0.0259. The number of carbonyl (C=O) groups is 1. The molecule has 0 fully saturated rings. The number of carbonyl (C=O) groups excluding carboxylic acids is 1. The Bertz CT molecular complexity index is 420. The molecular weight excluding hydrogens is 192 g/mol. The standard InChI is InChI=1S/C11H14N2O2/c1-6-4-9(8(3)11(6)14)12-10-5-7(2)15-13-10/h4-5,8-9H,1-3H3,(H,12,13)/t8-,9+/m0/s1. The smallest absolute Gasteiger partial charge is 0.170 e. The van der Waals surface area contributed by atoms with Crippen LogP contribution in [0.2, 0.25) is 0 Å². The molecule has 80 valence electrons. The molecule has 0 unspecified atom stereocenters. The van der Waals surface area contributed by atoms with E-state index in [-0.39, 0.29) is 17.7 Å². The van der Waals surface area contributed by atoms with Crippen molar-refractivity contribution in [2.75, 3.05) is 5.32 Å². The van der Waals surface area contributed by atoms with Crippen LogP contribution in [0.25, 0.3) is 0 Å². The van der Waals surface area contributed by atoms with Gasteiger partial charge in [0.2, 0.25) is 0 Å². The van der Waals surface area contributed by atoms with E-state index in [4.69, 9.17) is 4.52 Å². The van der Waals surface area contributed by atoms with E-state index in [2.05, 4.69) is 10.5 Å². The van der Waals surface area contributed by atoms with Gasteiger partial charge in [-0.2, -0.15) is 0 Å². The molecule has 1 aliphatic carbocycles. The number of Topliss-reactive ketones (excluding diaryl/α,β-unsaturated/α-hetero) is 1. The molecule has 4 heteroatoms. The van der Waals surface area contributed by atoms with Crippen LogP contribution in [-0.4, -0.2) is 17.0 Å². The maximum absolute atomic E-state index is 11.6. The zero-order chi connectivity index (χ0) is 11.0. The molecule has 1 aliphatic rings. The summed E-state index contributed by atoms with van der Waals surface area (Å²) >= 11 is 0. The van der Waals surface area contributed by atoms with Crippen molar-refractivity contribution in [3.63, 3.8) is 0 Å². The van der Waals surface area contributed by atoms with Crippen LogP contribution in [0.5, 0.6) is 0 Å². The van der Waals surface area contributed by atoms with Crippen molar-refractivity contribution in [1.29, 1.82) is 0 Å². The van der Waals surface area contributed by atoms with Crippen molar-refractivity contribution >= 4 is 11.6 Å². The molecule has 1 N–H and O–H groups in total. The first-order chi connectivity index (χ1) is 7.08. The molecule has 1 aromatic rings. The van der Waals surface area contributed by atoms with Gasteiger partial charge < -0.3 is 9.84 Å². The second-order valence-electron chi connectivity index (χ2n) is 4.00. The Morgan fingerprint density at radius 1 is 1.47 bits per heavy atom. The Morgan fingerprint density at radius 2 is 2.20 bits per heavy atom. The van der Waals surface area contributed by atoms with Gasteiger partial charge in [-0.3, -0.25) is 4.79 Å². The number of anilines is 1. The Balaban J connectivity index is 2.11. The summed E-state index contributed by atoms with van der Waals surface area (Å²) in [6.45, 7) is 5.59. The quantitative estimate of drug-likeness (QED) is 0.803. The van der Waals surface area contributed by atoms with Gasteiger partial charge in [-0.1, -0.05) is 18.2 Å². The lowest BCUT2D eigenvalue weighted by atomic mass is 10.0. The molecular formula is C11H14N2O2. The van der Waals surface area contributed by atoms with Crippen LogP contribution in [-0.2, 0) is 4.79 Å². The summed E-state index contributed by atoms with van der Waals surface area (Å²) in [4.78, 5) is 11.6. The minimum atomic E-state index is -0.0259. The molecule has 2 atom stereocenters. The van der Waals surface area contributed by atoms with Gasteiger partial charge in [-0.15, -0.1) is 0 Å². The summed E-state index contributed by atoms with van der Waals surface area (Å²) in [6.07, 6.45) is 1.94. The number of hydrogen-bond acceptors (Lipinski definition) is 4. The first-order valence-electron chi connectivity index (χ1n) is 5.00. The van der Waals surface area contributed by atoms with Gasteiger partial charge in [0, 0.05) is 12.0 Å². The fraction of sp³-hybridized carbons (Fsp3) is 0.455. The largest absolute Gasteiger partial charge is 0.360 e. The average molecular weight is 206 g/mol. The molecule has 0 aromatic carbocycles. The summed E-state index contributed by atoms with van der Waals surface area (Å²) in [7, 11) is 0. The van der Waals surface area contributed by atoms with Crippen LogP contribution in [0, 0.1) is 12.8 Å². The molecule has 1 aromatic heterocycles. The predicted octanol–water partition coefficient (Wildman–Crippen LogP) is 1.93. The first kappa shape index (κ1) is 9.96. The first-order valence-corrected chi connectivity index (χ1v) is 5.00. The van der Waals surface area contributed by atoms with Gasteiger partial charge in [0.15, 0.2) is 11.6 Å². The van der Waals surface area contributed by atoms with Crippen molar-refractivity contribution in [3.05, 3.63) is 23.5 Å². The van der Waals surface area contributed by atoms with E-state index in [0.29, 0.717) is 5.82 Å². The number of nitrogens with zero attached hydrogens (tertiary/aromatic N) is 1. The minimum Gasteiger partial charge on any atom is -0.360 e. The SMILES string of the molecule is CC1=C[C@@H](Nc2cc(C)on2)[C@H](C)C1=O. The van der Waals surface area contributed by atoms with Gasteiger partial charge in [0.1, 0.15) is 5.76 Å². The van der Waals surface area contributed by atoms with E-state index >= 15 is 0 Å². The Labute approximate surface area is 88.3 Å². The van der Waals surface area contributed by atoms with Crippen LogP contribution in [0.4, 0.5) is 5.82 Å². The molecule has 15 heavy (non-hydrogen) atoms. The number of ketones is 1. The van der Waals surface area contributed by atoms with Crippen molar-refractivity contribution in [1.82, 2.24) is 5.16 Å². The van der Waals surface area contributed by atoms with Gasteiger partial charge >= 0.3 is 0 Å². The fourth-order valence-corrected chi connectivity index (χ4v) is 1.79. The highest BCUT2D eigenvalue weighted by molar-refractivity contribution is 6.00. The molecule has 0 saturated heterocycles. The monoisotopic (exact) mass is 206 g/mol. The molecule has 1 heterocycles. The topological polar surface area (TPSA) is 55.1 Å². The van der Waals surface area contributed by atoms with E-state index in [1.165, 1.54) is 0 Å². The number of rotatable bonds is 2. The predicted molar refractivity (Wildman–Crippen MR) is 56.6 cm³/mol. The fourth-order valence-electron chi connectivity index (χ4n) is 1.79. The normalized spacial score (nSPS) is 25.5. The zero-order valence-corrected chi connectivity index (χ0v) is 9.07. The highest BCUT2D eigenvalue weighted by atomic mass is 16.5. The third-order valence-electron chi connectivity index (χ3n) is 2.71. The van der Waals surface area contributed by atoms with Crippen LogP contribution < -0.4 is 5.32 Å². The third kappa shape index (κ3) is 1.79. The lowest BCUT2D eigenvalue weighted by Crippen LogP contribution is -2.25. The zero-order valence-electron chi connectivity index (χ0n) is 9.07. The van der Waals surface area contributed by atoms with Crippen LogP contribution >= 0.6 is 0 Å². The average Bonchev–Trinajstić information content (AvgIpc) is 2.68. The number of hydrogen-bond donors (Lipinski definition) is 1. The molecule has 4 nitrogen and oxygen atoms in total. The Kier molecular flexibility index (Phi) is 2.34. The third-order valence-corrected chi connectivity index (χ3v) is 2.71. The second kappa shape index (κ2) is 3.53. The van der Waals surface area contributed by atoms with Gasteiger partial charge in [-0.05, 0) is 19.4 Å². The van der Waals surface area contributed by atoms with Gasteiger partial charge in [0.25, 0.3) is 0 Å². The van der Waals surface area contributed by atoms with Crippen molar-refractivity contribution in [2.45, 2.75) is 26.8 Å². The lowest BCUT2D eigenvalue weighted by Gasteiger charge is -2.13. The van der Waals surface area contributed by atoms with E-state index < -0.39 is 0 Å². The number of nitrogens with one attached hydrogen (secondary N) is 1. The molecule has 0 amide bonds. The number of aromatic nitrogens is 1. The maximum atomic E-state index is 11.6. The molecule has 0 spiro atoms. The molecule has 0 saturated carbocycles. The molecule has 0 radical (unpaired) electrons. The molecule has 2 rings (SSSR count). The van der Waals surface area contributed by atoms with Crippen LogP contribution in [0.1, 0.15) is 19.6 Å². The van der Waals surface area contributed by atoms with Crippen LogP contribution in [0.3, 0.4) is 0 Å². The van der Waals surface area contributed by atoms with Crippen LogP contribution in [0.15, 0.2) is 22.2 Å². The van der Waals surface area contributed by atoms with Gasteiger partial charge in [0.05, 0.1) is 6.04 Å². The van der Waals surface area contributed by atoms with E-state index in [1.54, 1.807) is 0 Å². The molecule has 0 aliphatic heterocycles.